The molecule has 0 saturated carbocycles. The summed E-state index contributed by atoms with van der Waals surface area (Å²) in [6.07, 6.45) is 3.67. The number of hydrogen-bond acceptors (Lipinski definition) is 8. The lowest BCUT2D eigenvalue weighted by Crippen LogP contribution is -2.24. The van der Waals surface area contributed by atoms with E-state index in [9.17, 15) is 9.59 Å². The number of nitrogens with zero attached hydrogens (tertiary/aromatic N) is 4. The van der Waals surface area contributed by atoms with Gasteiger partial charge in [-0.3, -0.25) is 10.1 Å². The number of benzene rings is 1. The summed E-state index contributed by atoms with van der Waals surface area (Å²) >= 11 is 2.68. The topological polar surface area (TPSA) is 140 Å². The normalized spacial score (nSPS) is 10.7. The highest BCUT2D eigenvalue weighted by atomic mass is 32.1. The summed E-state index contributed by atoms with van der Waals surface area (Å²) < 4.78 is 1.80. The minimum atomic E-state index is -0.368. The van der Waals surface area contributed by atoms with Crippen molar-refractivity contribution in [1.82, 2.24) is 24.8 Å². The molecule has 4 rings (SSSR count). The average molecular weight is 469 g/mol. The Hall–Kier alpha value is -3.77. The zero-order chi connectivity index (χ0) is 22.7. The fourth-order valence-corrected chi connectivity index (χ4v) is 4.70. The van der Waals surface area contributed by atoms with Gasteiger partial charge in [-0.25, -0.2) is 19.7 Å². The van der Waals surface area contributed by atoms with Gasteiger partial charge in [0, 0.05) is 36.9 Å². The predicted molar refractivity (Wildman–Crippen MR) is 127 cm³/mol. The summed E-state index contributed by atoms with van der Waals surface area (Å²) in [7, 11) is 3.38. The third-order valence-corrected chi connectivity index (χ3v) is 6.32. The van der Waals surface area contributed by atoms with Crippen molar-refractivity contribution in [2.24, 2.45) is 7.05 Å². The fourth-order valence-electron chi connectivity index (χ4n) is 2.89. The van der Waals surface area contributed by atoms with Gasteiger partial charge in [-0.2, -0.15) is 0 Å². The summed E-state index contributed by atoms with van der Waals surface area (Å²) in [5, 5.41) is 11.0. The number of aromatic nitrogens is 4. The Morgan fingerprint density at radius 2 is 2.06 bits per heavy atom. The highest BCUT2D eigenvalue weighted by Crippen LogP contribution is 2.38. The van der Waals surface area contributed by atoms with E-state index in [1.54, 1.807) is 10.9 Å². The maximum Gasteiger partial charge on any atom is 0.320 e. The minimum Gasteiger partial charge on any atom is -0.382 e. The molecule has 12 heteroatoms. The first-order chi connectivity index (χ1) is 15.4. The third kappa shape index (κ3) is 4.92. The third-order valence-electron chi connectivity index (χ3n) is 4.34. The van der Waals surface area contributed by atoms with Crippen LogP contribution in [0.1, 0.15) is 5.69 Å². The molecule has 0 bridgehead atoms. The molecule has 3 aromatic heterocycles. The van der Waals surface area contributed by atoms with Gasteiger partial charge in [-0.05, 0) is 12.1 Å². The van der Waals surface area contributed by atoms with Gasteiger partial charge >= 0.3 is 6.03 Å². The maximum absolute atomic E-state index is 12.3. The number of anilines is 3. The van der Waals surface area contributed by atoms with Crippen LogP contribution in [0.5, 0.6) is 0 Å². The summed E-state index contributed by atoms with van der Waals surface area (Å²) in [6.45, 7) is 0. The van der Waals surface area contributed by atoms with E-state index in [2.05, 4.69) is 30.9 Å². The number of urea groups is 1. The van der Waals surface area contributed by atoms with Gasteiger partial charge < -0.3 is 20.9 Å². The van der Waals surface area contributed by atoms with Gasteiger partial charge in [0.2, 0.25) is 5.91 Å². The number of nitrogen functional groups attached to an aromatic ring is 1. The van der Waals surface area contributed by atoms with Gasteiger partial charge in [-0.15, -0.1) is 11.3 Å². The van der Waals surface area contributed by atoms with E-state index in [1.165, 1.54) is 29.7 Å². The van der Waals surface area contributed by atoms with Crippen molar-refractivity contribution in [3.63, 3.8) is 0 Å². The van der Waals surface area contributed by atoms with Crippen molar-refractivity contribution >= 4 is 51.2 Å². The molecule has 164 valence electrons. The van der Waals surface area contributed by atoms with Crippen LogP contribution < -0.4 is 21.7 Å². The molecule has 0 atom stereocenters. The summed E-state index contributed by atoms with van der Waals surface area (Å²) in [5.74, 6) is 0.159. The lowest BCUT2D eigenvalue weighted by atomic mass is 10.1. The van der Waals surface area contributed by atoms with Crippen molar-refractivity contribution in [2.45, 2.75) is 6.42 Å². The molecule has 0 aliphatic carbocycles. The highest BCUT2D eigenvalue weighted by molar-refractivity contribution is 7.23. The molecule has 5 N–H and O–H groups in total. The number of nitrogens with two attached hydrogens (primary N) is 1. The molecule has 10 nitrogen and oxygen atoms in total. The van der Waals surface area contributed by atoms with Crippen molar-refractivity contribution in [3.05, 3.63) is 47.9 Å². The molecule has 0 aliphatic rings. The van der Waals surface area contributed by atoms with E-state index in [1.807, 2.05) is 42.9 Å². The molecule has 1 aromatic carbocycles. The largest absolute Gasteiger partial charge is 0.382 e. The van der Waals surface area contributed by atoms with Crippen molar-refractivity contribution in [2.75, 3.05) is 23.4 Å². The quantitative estimate of drug-likeness (QED) is 0.343. The van der Waals surface area contributed by atoms with E-state index in [0.29, 0.717) is 32.2 Å². The second kappa shape index (κ2) is 9.16. The number of rotatable bonds is 6. The smallest absolute Gasteiger partial charge is 0.320 e. The number of carbonyl (C=O) groups excluding carboxylic acids is 2. The first kappa shape index (κ1) is 21.5. The van der Waals surface area contributed by atoms with Crippen molar-refractivity contribution in [3.8, 4) is 21.1 Å². The van der Waals surface area contributed by atoms with Crippen LogP contribution in [-0.2, 0) is 18.3 Å². The molecule has 0 unspecified atom stereocenters. The highest BCUT2D eigenvalue weighted by Gasteiger charge is 2.16. The standard InChI is InChI=1S/C20H20N8O2S2/c1-22-19(30)27-20-26-17(21)16(32-20)18-25-14(9-31-18)11-4-3-5-12(6-11)24-15(29)7-13-8-28(2)10-23-13/h3-6,8-10H,7,21H2,1-2H3,(H,24,29)(H2,22,26,27,30). The Kier molecular flexibility index (Phi) is 6.14. The van der Waals surface area contributed by atoms with Crippen LogP contribution in [0.25, 0.3) is 21.1 Å². The number of imidazole rings is 1. The predicted octanol–water partition coefficient (Wildman–Crippen LogP) is 3.18. The fraction of sp³-hybridized carbons (Fsp3) is 0.150. The zero-order valence-electron chi connectivity index (χ0n) is 17.2. The molecule has 4 aromatic rings. The number of nitrogens with one attached hydrogen (secondary N) is 3. The first-order valence-electron chi connectivity index (χ1n) is 9.49. The first-order valence-corrected chi connectivity index (χ1v) is 11.2. The SMILES string of the molecule is CNC(=O)Nc1nc(N)c(-c2nc(-c3cccc(NC(=O)Cc4cn(C)cn4)c3)cs2)s1. The molecule has 0 saturated heterocycles. The number of aryl methyl sites for hydroxylation is 1. The minimum absolute atomic E-state index is 0.145. The molecular weight excluding hydrogens is 448 g/mol. The Morgan fingerprint density at radius 1 is 1.22 bits per heavy atom. The Balaban J connectivity index is 1.49. The lowest BCUT2D eigenvalue weighted by Gasteiger charge is -2.06. The van der Waals surface area contributed by atoms with Gasteiger partial charge in [0.05, 0.1) is 24.1 Å². The van der Waals surface area contributed by atoms with Crippen LogP contribution in [0.2, 0.25) is 0 Å². The molecule has 32 heavy (non-hydrogen) atoms. The van der Waals surface area contributed by atoms with E-state index in [-0.39, 0.29) is 18.4 Å². The zero-order valence-corrected chi connectivity index (χ0v) is 18.9. The number of amides is 3. The average Bonchev–Trinajstić information content (AvgIpc) is 3.48. The molecule has 0 radical (unpaired) electrons. The van der Waals surface area contributed by atoms with E-state index in [0.717, 1.165) is 11.3 Å². The van der Waals surface area contributed by atoms with Gasteiger partial charge in [0.1, 0.15) is 15.7 Å². The molecule has 0 spiro atoms. The lowest BCUT2D eigenvalue weighted by molar-refractivity contribution is -0.115. The van der Waals surface area contributed by atoms with Crippen LogP contribution in [0, 0.1) is 0 Å². The Bertz CT molecular complexity index is 1280. The van der Waals surface area contributed by atoms with Crippen molar-refractivity contribution < 1.29 is 9.59 Å². The second-order valence-corrected chi connectivity index (χ2v) is 8.67. The Morgan fingerprint density at radius 3 is 2.81 bits per heavy atom. The van der Waals surface area contributed by atoms with E-state index >= 15 is 0 Å². The van der Waals surface area contributed by atoms with Crippen LogP contribution in [0.3, 0.4) is 0 Å². The van der Waals surface area contributed by atoms with Gasteiger partial charge in [0.15, 0.2) is 5.13 Å². The van der Waals surface area contributed by atoms with E-state index in [4.69, 9.17) is 5.73 Å². The number of thiazole rings is 2. The monoisotopic (exact) mass is 468 g/mol. The summed E-state index contributed by atoms with van der Waals surface area (Å²) in [5.41, 5.74) is 9.01. The molecular formula is C20H20N8O2S2. The van der Waals surface area contributed by atoms with E-state index < -0.39 is 0 Å². The van der Waals surface area contributed by atoms with Crippen LogP contribution >= 0.6 is 22.7 Å². The molecule has 0 aliphatic heterocycles. The maximum atomic E-state index is 12.3. The summed E-state index contributed by atoms with van der Waals surface area (Å²) in [6, 6.07) is 7.10. The second-order valence-electron chi connectivity index (χ2n) is 6.81. The summed E-state index contributed by atoms with van der Waals surface area (Å²) in [4.78, 5) is 37.5. The van der Waals surface area contributed by atoms with Crippen molar-refractivity contribution in [1.29, 1.82) is 0 Å². The number of carbonyl (C=O) groups is 2. The molecule has 0 fully saturated rings. The molecule has 3 heterocycles. The van der Waals surface area contributed by atoms with Gasteiger partial charge in [0.25, 0.3) is 0 Å². The Labute approximate surface area is 191 Å². The molecule has 3 amide bonds. The van der Waals surface area contributed by atoms with Crippen LogP contribution in [0.15, 0.2) is 42.2 Å². The number of hydrogen-bond donors (Lipinski definition) is 4. The van der Waals surface area contributed by atoms with Gasteiger partial charge in [-0.1, -0.05) is 23.5 Å². The van der Waals surface area contributed by atoms with Crippen LogP contribution in [-0.4, -0.2) is 38.5 Å². The van der Waals surface area contributed by atoms with Crippen LogP contribution in [0.4, 0.5) is 21.4 Å².